The van der Waals surface area contributed by atoms with Crippen molar-refractivity contribution in [2.75, 3.05) is 0 Å². The molecule has 1 heterocycles. The first-order valence-electron chi connectivity index (χ1n) is 6.29. The first-order chi connectivity index (χ1) is 9.17. The third kappa shape index (κ3) is 2.14. The van der Waals surface area contributed by atoms with Crippen LogP contribution in [0.15, 0.2) is 42.5 Å². The van der Waals surface area contributed by atoms with Gasteiger partial charge in [0.05, 0.1) is 0 Å². The van der Waals surface area contributed by atoms with Crippen LogP contribution in [0.4, 0.5) is 4.79 Å². The second kappa shape index (κ2) is 5.56. The molecule has 0 spiro atoms. The van der Waals surface area contributed by atoms with Crippen LogP contribution >= 0.6 is 0 Å². The first kappa shape index (κ1) is 15.0. The van der Waals surface area contributed by atoms with E-state index in [-0.39, 0.29) is 35.5 Å². The van der Waals surface area contributed by atoms with Crippen molar-refractivity contribution in [1.82, 2.24) is 10.6 Å². The molecule has 1 aliphatic heterocycles. The fraction of sp³-hybridized carbons (Fsp3) is 0.200. The molecule has 0 bridgehead atoms. The van der Waals surface area contributed by atoms with Gasteiger partial charge in [0, 0.05) is 0 Å². The molecule has 0 saturated carbocycles. The summed E-state index contributed by atoms with van der Waals surface area (Å²) in [7, 11) is 0. The molecular formula is C15H14N2NaO2+. The Balaban J connectivity index is 0.00000147. The minimum atomic E-state index is -0.960. The normalized spacial score (nSPS) is 21.2. The van der Waals surface area contributed by atoms with E-state index in [0.717, 1.165) is 16.3 Å². The Hall–Kier alpha value is -1.36. The molecule has 3 amide bonds. The fourth-order valence-corrected chi connectivity index (χ4v) is 2.72. The molecule has 1 aliphatic rings. The Morgan fingerprint density at radius 2 is 1.75 bits per heavy atom. The molecule has 96 valence electrons. The Bertz CT molecular complexity index is 681. The zero-order valence-corrected chi connectivity index (χ0v) is 13.6. The predicted molar refractivity (Wildman–Crippen MR) is 72.6 cm³/mol. The van der Waals surface area contributed by atoms with Crippen LogP contribution in [0.25, 0.3) is 10.8 Å². The van der Waals surface area contributed by atoms with Gasteiger partial charge in [0.25, 0.3) is 5.91 Å². The van der Waals surface area contributed by atoms with Crippen LogP contribution < -0.4 is 40.2 Å². The number of benzene rings is 2. The van der Waals surface area contributed by atoms with E-state index >= 15 is 0 Å². The first-order valence-corrected chi connectivity index (χ1v) is 6.29. The van der Waals surface area contributed by atoms with Gasteiger partial charge in [0.2, 0.25) is 0 Å². The largest absolute Gasteiger partial charge is 1.00 e. The van der Waals surface area contributed by atoms with Crippen molar-refractivity contribution in [1.29, 1.82) is 0 Å². The van der Waals surface area contributed by atoms with Gasteiger partial charge in [-0.1, -0.05) is 49.4 Å². The van der Waals surface area contributed by atoms with E-state index in [1.165, 1.54) is 0 Å². The smallest absolute Gasteiger partial charge is 0.319 e. The summed E-state index contributed by atoms with van der Waals surface area (Å²) in [6.45, 7) is 1.90. The maximum absolute atomic E-state index is 12.2. The number of nitrogens with one attached hydrogen (secondary N) is 2. The Morgan fingerprint density at radius 3 is 2.40 bits per heavy atom. The molecule has 1 saturated heterocycles. The molecule has 1 atom stereocenters. The number of hydrogen-bond acceptors (Lipinski definition) is 2. The zero-order valence-electron chi connectivity index (χ0n) is 11.6. The number of amides is 3. The molecule has 5 heteroatoms. The molecule has 2 N–H and O–H groups in total. The summed E-state index contributed by atoms with van der Waals surface area (Å²) in [5.41, 5.74) is -0.116. The number of rotatable bonds is 2. The molecule has 1 unspecified atom stereocenters. The van der Waals surface area contributed by atoms with Gasteiger partial charge in [-0.2, -0.15) is 0 Å². The number of urea groups is 1. The SMILES string of the molecule is CCC1(c2cccc3ccccc23)NC(=O)NC1=O.[Na+]. The van der Waals surface area contributed by atoms with Gasteiger partial charge >= 0.3 is 35.6 Å². The average molecular weight is 277 g/mol. The van der Waals surface area contributed by atoms with E-state index in [0.29, 0.717) is 6.42 Å². The van der Waals surface area contributed by atoms with Gasteiger partial charge in [-0.3, -0.25) is 10.1 Å². The summed E-state index contributed by atoms with van der Waals surface area (Å²) in [5, 5.41) is 7.16. The molecular weight excluding hydrogens is 263 g/mol. The molecule has 20 heavy (non-hydrogen) atoms. The maximum atomic E-state index is 12.2. The number of imide groups is 1. The monoisotopic (exact) mass is 277 g/mol. The molecule has 0 aliphatic carbocycles. The number of fused-ring (bicyclic) bond motifs is 1. The molecule has 3 rings (SSSR count). The third-order valence-corrected chi connectivity index (χ3v) is 3.72. The quantitative estimate of drug-likeness (QED) is 0.563. The summed E-state index contributed by atoms with van der Waals surface area (Å²) >= 11 is 0. The van der Waals surface area contributed by atoms with Crippen molar-refractivity contribution in [3.8, 4) is 0 Å². The van der Waals surface area contributed by atoms with E-state index in [9.17, 15) is 9.59 Å². The summed E-state index contributed by atoms with van der Waals surface area (Å²) in [5.74, 6) is -0.281. The minimum absolute atomic E-state index is 0. The maximum Gasteiger partial charge on any atom is 1.00 e. The standard InChI is InChI=1S/C15H14N2O2.Na/c1-2-15(13(18)16-14(19)17-15)12-9-5-7-10-6-3-4-8-11(10)12;/h3-9H,2H2,1H3,(H2,16,17,18,19);/q;+1. The number of carbonyl (C=O) groups excluding carboxylic acids is 2. The molecule has 4 nitrogen and oxygen atoms in total. The molecule has 0 aromatic heterocycles. The van der Waals surface area contributed by atoms with Crippen molar-refractivity contribution >= 4 is 22.7 Å². The van der Waals surface area contributed by atoms with E-state index in [4.69, 9.17) is 0 Å². The molecule has 1 fully saturated rings. The van der Waals surface area contributed by atoms with Crippen LogP contribution in [-0.4, -0.2) is 11.9 Å². The van der Waals surface area contributed by atoms with Gasteiger partial charge in [-0.25, -0.2) is 4.79 Å². The van der Waals surface area contributed by atoms with E-state index in [1.54, 1.807) is 0 Å². The zero-order chi connectivity index (χ0) is 13.5. The number of carbonyl (C=O) groups is 2. The topological polar surface area (TPSA) is 58.2 Å². The third-order valence-electron chi connectivity index (χ3n) is 3.72. The van der Waals surface area contributed by atoms with Crippen LogP contribution in [-0.2, 0) is 10.3 Å². The van der Waals surface area contributed by atoms with Gasteiger partial charge in [0.1, 0.15) is 5.54 Å². The summed E-state index contributed by atoms with van der Waals surface area (Å²) in [6.07, 6.45) is 0.512. The van der Waals surface area contributed by atoms with Gasteiger partial charge in [0.15, 0.2) is 0 Å². The van der Waals surface area contributed by atoms with Gasteiger partial charge < -0.3 is 5.32 Å². The van der Waals surface area contributed by atoms with E-state index in [2.05, 4.69) is 10.6 Å². The van der Waals surface area contributed by atoms with Crippen LogP contribution in [0, 0.1) is 0 Å². The Morgan fingerprint density at radius 1 is 1.05 bits per heavy atom. The van der Waals surface area contributed by atoms with Crippen LogP contribution in [0.2, 0.25) is 0 Å². The summed E-state index contributed by atoms with van der Waals surface area (Å²) < 4.78 is 0. The summed E-state index contributed by atoms with van der Waals surface area (Å²) in [6, 6.07) is 13.2. The van der Waals surface area contributed by atoms with Crippen molar-refractivity contribution in [2.24, 2.45) is 0 Å². The minimum Gasteiger partial charge on any atom is -0.319 e. The predicted octanol–water partition coefficient (Wildman–Crippen LogP) is -0.711. The van der Waals surface area contributed by atoms with Crippen molar-refractivity contribution in [2.45, 2.75) is 18.9 Å². The molecule has 2 aromatic carbocycles. The second-order valence-corrected chi connectivity index (χ2v) is 4.69. The van der Waals surface area contributed by atoms with Crippen LogP contribution in [0.1, 0.15) is 18.9 Å². The van der Waals surface area contributed by atoms with Crippen LogP contribution in [0.3, 0.4) is 0 Å². The van der Waals surface area contributed by atoms with E-state index < -0.39 is 11.6 Å². The van der Waals surface area contributed by atoms with E-state index in [1.807, 2.05) is 49.4 Å². The molecule has 2 aromatic rings. The van der Waals surface area contributed by atoms with Crippen LogP contribution in [0.5, 0.6) is 0 Å². The van der Waals surface area contributed by atoms with Crippen molar-refractivity contribution in [3.05, 3.63) is 48.0 Å². The van der Waals surface area contributed by atoms with Gasteiger partial charge in [-0.05, 0) is 22.8 Å². The average Bonchev–Trinajstić information content (AvgIpc) is 2.73. The fourth-order valence-electron chi connectivity index (χ4n) is 2.72. The Kier molecular flexibility index (Phi) is 4.18. The summed E-state index contributed by atoms with van der Waals surface area (Å²) in [4.78, 5) is 23.7. The van der Waals surface area contributed by atoms with Gasteiger partial charge in [-0.15, -0.1) is 0 Å². The second-order valence-electron chi connectivity index (χ2n) is 4.69. The Labute approximate surface area is 139 Å². The van der Waals surface area contributed by atoms with Crippen molar-refractivity contribution < 1.29 is 39.1 Å². The van der Waals surface area contributed by atoms with Crippen molar-refractivity contribution in [3.63, 3.8) is 0 Å². The molecule has 0 radical (unpaired) electrons. The number of hydrogen-bond donors (Lipinski definition) is 2.